The lowest BCUT2D eigenvalue weighted by Crippen LogP contribution is -2.38. The standard InChI is InChI=1S/C12H20N2O2S/c1-10-7-5-6-8-12(10)17(15,16)13-9-11(2)14(3)4/h5-8,11,13H,9H2,1-4H3. The molecule has 0 saturated heterocycles. The number of likely N-dealkylation sites (N-methyl/N-ethyl adjacent to an activating group) is 1. The zero-order valence-electron chi connectivity index (χ0n) is 10.8. The van der Waals surface area contributed by atoms with Crippen LogP contribution in [0.25, 0.3) is 0 Å². The van der Waals surface area contributed by atoms with Crippen LogP contribution in [0, 0.1) is 6.92 Å². The Kier molecular flexibility index (Phi) is 4.68. The van der Waals surface area contributed by atoms with Crippen molar-refractivity contribution in [3.63, 3.8) is 0 Å². The largest absolute Gasteiger partial charge is 0.305 e. The molecule has 96 valence electrons. The smallest absolute Gasteiger partial charge is 0.240 e. The summed E-state index contributed by atoms with van der Waals surface area (Å²) in [5, 5.41) is 0. The predicted molar refractivity (Wildman–Crippen MR) is 69.5 cm³/mol. The van der Waals surface area contributed by atoms with Gasteiger partial charge in [-0.05, 0) is 39.6 Å². The number of nitrogens with zero attached hydrogens (tertiary/aromatic N) is 1. The van der Waals surface area contributed by atoms with E-state index in [2.05, 4.69) is 4.72 Å². The SMILES string of the molecule is Cc1ccccc1S(=O)(=O)NCC(C)N(C)C. The maximum absolute atomic E-state index is 12.1. The molecule has 1 unspecified atom stereocenters. The second-order valence-corrected chi connectivity index (χ2v) is 6.17. The molecule has 0 heterocycles. The molecule has 0 radical (unpaired) electrons. The van der Waals surface area contributed by atoms with Gasteiger partial charge in [0.1, 0.15) is 0 Å². The number of aryl methyl sites for hydroxylation is 1. The van der Waals surface area contributed by atoms with E-state index >= 15 is 0 Å². The van der Waals surface area contributed by atoms with E-state index in [1.165, 1.54) is 0 Å². The van der Waals surface area contributed by atoms with Crippen molar-refractivity contribution in [1.29, 1.82) is 0 Å². The van der Waals surface area contributed by atoms with Crippen LogP contribution in [0.4, 0.5) is 0 Å². The van der Waals surface area contributed by atoms with Gasteiger partial charge in [0.25, 0.3) is 0 Å². The quantitative estimate of drug-likeness (QED) is 0.862. The second-order valence-electron chi connectivity index (χ2n) is 4.43. The Balaban J connectivity index is 2.80. The Hall–Kier alpha value is -0.910. The Morgan fingerprint density at radius 3 is 2.41 bits per heavy atom. The maximum atomic E-state index is 12.1. The fraction of sp³-hybridized carbons (Fsp3) is 0.500. The van der Waals surface area contributed by atoms with Gasteiger partial charge in [0, 0.05) is 12.6 Å². The molecular formula is C12H20N2O2S. The molecule has 1 rings (SSSR count). The van der Waals surface area contributed by atoms with Gasteiger partial charge >= 0.3 is 0 Å². The molecule has 0 amide bonds. The highest BCUT2D eigenvalue weighted by atomic mass is 32.2. The van der Waals surface area contributed by atoms with E-state index in [1.807, 2.05) is 32.0 Å². The van der Waals surface area contributed by atoms with Crippen LogP contribution in [0.15, 0.2) is 29.2 Å². The van der Waals surface area contributed by atoms with E-state index in [0.717, 1.165) is 5.56 Å². The molecule has 17 heavy (non-hydrogen) atoms. The van der Waals surface area contributed by atoms with Crippen molar-refractivity contribution < 1.29 is 8.42 Å². The molecule has 1 aromatic rings. The lowest BCUT2D eigenvalue weighted by Gasteiger charge is -2.20. The first-order valence-electron chi connectivity index (χ1n) is 5.56. The second kappa shape index (κ2) is 5.62. The van der Waals surface area contributed by atoms with Crippen LogP contribution in [0.5, 0.6) is 0 Å². The van der Waals surface area contributed by atoms with Crippen LogP contribution in [0.1, 0.15) is 12.5 Å². The molecule has 0 spiro atoms. The molecule has 0 aliphatic rings. The number of rotatable bonds is 5. The van der Waals surface area contributed by atoms with Gasteiger partial charge in [0.2, 0.25) is 10.0 Å². The minimum absolute atomic E-state index is 0.161. The molecule has 0 aliphatic heterocycles. The fourth-order valence-corrected chi connectivity index (χ4v) is 2.71. The molecule has 0 aromatic heterocycles. The van der Waals surface area contributed by atoms with Gasteiger partial charge in [-0.1, -0.05) is 18.2 Å². The van der Waals surface area contributed by atoms with Gasteiger partial charge in [0.05, 0.1) is 4.90 Å². The summed E-state index contributed by atoms with van der Waals surface area (Å²) in [6, 6.07) is 7.14. The highest BCUT2D eigenvalue weighted by molar-refractivity contribution is 7.89. The maximum Gasteiger partial charge on any atom is 0.240 e. The molecule has 1 aromatic carbocycles. The van der Waals surface area contributed by atoms with Gasteiger partial charge in [-0.3, -0.25) is 0 Å². The Labute approximate surface area is 104 Å². The van der Waals surface area contributed by atoms with Gasteiger partial charge in [-0.2, -0.15) is 0 Å². The molecule has 0 aliphatic carbocycles. The van der Waals surface area contributed by atoms with Crippen LogP contribution < -0.4 is 4.72 Å². The average molecular weight is 256 g/mol. The average Bonchev–Trinajstić information content (AvgIpc) is 2.26. The van der Waals surface area contributed by atoms with E-state index in [4.69, 9.17) is 0 Å². The summed E-state index contributed by atoms with van der Waals surface area (Å²) in [6.45, 7) is 4.17. The van der Waals surface area contributed by atoms with Crippen molar-refractivity contribution in [2.24, 2.45) is 0 Å². The Morgan fingerprint density at radius 2 is 1.88 bits per heavy atom. The number of nitrogens with one attached hydrogen (secondary N) is 1. The summed E-state index contributed by atoms with van der Waals surface area (Å²) in [5.41, 5.74) is 0.762. The lowest BCUT2D eigenvalue weighted by molar-refractivity contribution is 0.314. The minimum atomic E-state index is -3.40. The number of benzene rings is 1. The molecule has 1 N–H and O–H groups in total. The van der Waals surface area contributed by atoms with E-state index in [1.54, 1.807) is 25.1 Å². The predicted octanol–water partition coefficient (Wildman–Crippen LogP) is 1.22. The number of sulfonamides is 1. The van der Waals surface area contributed by atoms with Gasteiger partial charge < -0.3 is 4.90 Å². The Morgan fingerprint density at radius 1 is 1.29 bits per heavy atom. The van der Waals surface area contributed by atoms with Crippen molar-refractivity contribution in [3.8, 4) is 0 Å². The summed E-state index contributed by atoms with van der Waals surface area (Å²) in [4.78, 5) is 2.33. The molecule has 5 heteroatoms. The highest BCUT2D eigenvalue weighted by Gasteiger charge is 2.17. The molecule has 0 bridgehead atoms. The molecule has 1 atom stereocenters. The molecule has 4 nitrogen and oxygen atoms in total. The topological polar surface area (TPSA) is 49.4 Å². The van der Waals surface area contributed by atoms with Crippen LogP contribution in [0.3, 0.4) is 0 Å². The molecule has 0 saturated carbocycles. The van der Waals surface area contributed by atoms with Crippen molar-refractivity contribution in [2.75, 3.05) is 20.6 Å². The van der Waals surface area contributed by atoms with Crippen LogP contribution in [-0.4, -0.2) is 40.0 Å². The van der Waals surface area contributed by atoms with E-state index in [0.29, 0.717) is 11.4 Å². The summed E-state index contributed by atoms with van der Waals surface area (Å²) in [6.07, 6.45) is 0. The lowest BCUT2D eigenvalue weighted by atomic mass is 10.2. The minimum Gasteiger partial charge on any atom is -0.305 e. The zero-order valence-corrected chi connectivity index (χ0v) is 11.6. The van der Waals surface area contributed by atoms with Gasteiger partial charge in [-0.25, -0.2) is 13.1 Å². The van der Waals surface area contributed by atoms with Crippen molar-refractivity contribution >= 4 is 10.0 Å². The van der Waals surface area contributed by atoms with Gasteiger partial charge in [-0.15, -0.1) is 0 Å². The monoisotopic (exact) mass is 256 g/mol. The normalized spacial score (nSPS) is 13.9. The third-order valence-electron chi connectivity index (χ3n) is 2.83. The highest BCUT2D eigenvalue weighted by Crippen LogP contribution is 2.13. The molecule has 0 fully saturated rings. The van der Waals surface area contributed by atoms with Crippen molar-refractivity contribution in [3.05, 3.63) is 29.8 Å². The first-order valence-corrected chi connectivity index (χ1v) is 7.04. The fourth-order valence-electron chi connectivity index (χ4n) is 1.35. The van der Waals surface area contributed by atoms with E-state index < -0.39 is 10.0 Å². The third-order valence-corrected chi connectivity index (χ3v) is 4.42. The van der Waals surface area contributed by atoms with Crippen LogP contribution in [-0.2, 0) is 10.0 Å². The van der Waals surface area contributed by atoms with E-state index in [9.17, 15) is 8.42 Å². The number of hydrogen-bond acceptors (Lipinski definition) is 3. The first kappa shape index (κ1) is 14.2. The van der Waals surface area contributed by atoms with Crippen molar-refractivity contribution in [1.82, 2.24) is 9.62 Å². The third kappa shape index (κ3) is 3.80. The number of hydrogen-bond donors (Lipinski definition) is 1. The van der Waals surface area contributed by atoms with Crippen molar-refractivity contribution in [2.45, 2.75) is 24.8 Å². The van der Waals surface area contributed by atoms with Crippen LogP contribution in [0.2, 0.25) is 0 Å². The first-order chi connectivity index (χ1) is 7.84. The molecular weight excluding hydrogens is 236 g/mol. The summed E-state index contributed by atoms with van der Waals surface area (Å²) < 4.78 is 26.7. The summed E-state index contributed by atoms with van der Waals surface area (Å²) >= 11 is 0. The van der Waals surface area contributed by atoms with Gasteiger partial charge in [0.15, 0.2) is 0 Å². The summed E-state index contributed by atoms with van der Waals surface area (Å²) in [7, 11) is 0.450. The summed E-state index contributed by atoms with van der Waals surface area (Å²) in [5.74, 6) is 0. The Bertz CT molecular complexity index is 469. The van der Waals surface area contributed by atoms with E-state index in [-0.39, 0.29) is 6.04 Å². The van der Waals surface area contributed by atoms with Crippen LogP contribution >= 0.6 is 0 Å². The zero-order chi connectivity index (χ0) is 13.1.